The molecular weight excluding hydrogens is 204 g/mol. The number of aryl methyl sites for hydroxylation is 1. The first kappa shape index (κ1) is 10.7. The van der Waals surface area contributed by atoms with E-state index < -0.39 is 15.8 Å². The minimum Gasteiger partial charge on any atom is -0.337 e. The minimum absolute atomic E-state index is 0.105. The summed E-state index contributed by atoms with van der Waals surface area (Å²) in [6.07, 6.45) is 3.29. The largest absolute Gasteiger partial charge is 0.337 e. The maximum absolute atomic E-state index is 11.1. The second-order valence-corrected chi connectivity index (χ2v) is 4.50. The van der Waals surface area contributed by atoms with Crippen molar-refractivity contribution in [3.8, 4) is 6.07 Å². The Kier molecular flexibility index (Phi) is 3.22. The van der Waals surface area contributed by atoms with Crippen LogP contribution in [0.3, 0.4) is 0 Å². The van der Waals surface area contributed by atoms with E-state index in [4.69, 9.17) is 5.26 Å². The van der Waals surface area contributed by atoms with Crippen LogP contribution < -0.4 is 4.72 Å². The molecule has 1 N–H and O–H groups in total. The summed E-state index contributed by atoms with van der Waals surface area (Å²) in [7, 11) is -1.72. The summed E-state index contributed by atoms with van der Waals surface area (Å²) in [6.45, 7) is 0.105. The van der Waals surface area contributed by atoms with Crippen LogP contribution >= 0.6 is 0 Å². The highest BCUT2D eigenvalue weighted by atomic mass is 32.2. The lowest BCUT2D eigenvalue weighted by Gasteiger charge is -2.02. The zero-order chi connectivity index (χ0) is 10.6. The number of nitrogens with one attached hydrogen (secondary N) is 1. The molecule has 1 aromatic rings. The zero-order valence-corrected chi connectivity index (χ0v) is 8.45. The SMILES string of the molecule is Cn1ccnc1CNS(=O)(=O)CC#N. The Morgan fingerprint density at radius 3 is 2.93 bits per heavy atom. The van der Waals surface area contributed by atoms with E-state index in [1.165, 1.54) is 0 Å². The van der Waals surface area contributed by atoms with Crippen molar-refractivity contribution >= 4 is 10.0 Å². The molecule has 0 saturated carbocycles. The lowest BCUT2D eigenvalue weighted by Crippen LogP contribution is -2.26. The second-order valence-electron chi connectivity index (χ2n) is 2.69. The summed E-state index contributed by atoms with van der Waals surface area (Å²) in [4.78, 5) is 3.93. The summed E-state index contributed by atoms with van der Waals surface area (Å²) in [5.41, 5.74) is 0. The van der Waals surface area contributed by atoms with Gasteiger partial charge in [0.15, 0.2) is 5.75 Å². The van der Waals surface area contributed by atoms with Gasteiger partial charge in [-0.25, -0.2) is 18.1 Å². The Labute approximate surface area is 82.2 Å². The van der Waals surface area contributed by atoms with E-state index >= 15 is 0 Å². The molecule has 0 unspecified atom stereocenters. The predicted molar refractivity (Wildman–Crippen MR) is 49.4 cm³/mol. The number of imidazole rings is 1. The topological polar surface area (TPSA) is 87.8 Å². The highest BCUT2D eigenvalue weighted by molar-refractivity contribution is 7.89. The summed E-state index contributed by atoms with van der Waals surface area (Å²) < 4.78 is 26.1. The van der Waals surface area contributed by atoms with Crippen LogP contribution in [0.15, 0.2) is 12.4 Å². The maximum atomic E-state index is 11.1. The smallest absolute Gasteiger partial charge is 0.225 e. The van der Waals surface area contributed by atoms with Gasteiger partial charge in [-0.3, -0.25) is 0 Å². The van der Waals surface area contributed by atoms with Gasteiger partial charge in [0.25, 0.3) is 0 Å². The van der Waals surface area contributed by atoms with Gasteiger partial charge in [-0.2, -0.15) is 5.26 Å². The van der Waals surface area contributed by atoms with Gasteiger partial charge >= 0.3 is 0 Å². The van der Waals surface area contributed by atoms with Gasteiger partial charge in [-0.1, -0.05) is 0 Å². The Morgan fingerprint density at radius 1 is 1.71 bits per heavy atom. The van der Waals surface area contributed by atoms with E-state index in [9.17, 15) is 8.42 Å². The molecule has 7 heteroatoms. The highest BCUT2D eigenvalue weighted by Crippen LogP contribution is 1.94. The van der Waals surface area contributed by atoms with E-state index in [-0.39, 0.29) is 6.54 Å². The number of hydrogen-bond acceptors (Lipinski definition) is 4. The fourth-order valence-electron chi connectivity index (χ4n) is 0.877. The number of nitriles is 1. The summed E-state index contributed by atoms with van der Waals surface area (Å²) >= 11 is 0. The molecule has 14 heavy (non-hydrogen) atoms. The predicted octanol–water partition coefficient (Wildman–Crippen LogP) is -0.637. The van der Waals surface area contributed by atoms with Crippen molar-refractivity contribution in [2.45, 2.75) is 6.54 Å². The molecule has 0 aliphatic heterocycles. The van der Waals surface area contributed by atoms with E-state index in [1.807, 2.05) is 0 Å². The number of rotatable bonds is 4. The van der Waals surface area contributed by atoms with E-state index in [0.29, 0.717) is 5.82 Å². The normalized spacial score (nSPS) is 11.1. The van der Waals surface area contributed by atoms with Crippen molar-refractivity contribution in [2.24, 2.45) is 7.05 Å². The molecule has 1 rings (SSSR count). The molecule has 0 radical (unpaired) electrons. The Morgan fingerprint density at radius 2 is 2.43 bits per heavy atom. The third kappa shape index (κ3) is 2.83. The van der Waals surface area contributed by atoms with Gasteiger partial charge in [0.1, 0.15) is 5.82 Å². The first-order valence-electron chi connectivity index (χ1n) is 3.85. The van der Waals surface area contributed by atoms with Crippen LogP contribution in [0.2, 0.25) is 0 Å². The third-order valence-corrected chi connectivity index (χ3v) is 2.72. The molecule has 0 aliphatic rings. The van der Waals surface area contributed by atoms with Crippen molar-refractivity contribution in [1.82, 2.24) is 14.3 Å². The van der Waals surface area contributed by atoms with Gasteiger partial charge in [0, 0.05) is 19.4 Å². The average molecular weight is 214 g/mol. The summed E-state index contributed by atoms with van der Waals surface area (Å²) in [5, 5.41) is 8.22. The standard InChI is InChI=1S/C7H10N4O2S/c1-11-4-3-9-7(11)6-10-14(12,13)5-2-8/h3-4,10H,5-6H2,1H3. The van der Waals surface area contributed by atoms with Crippen LogP contribution in [0.4, 0.5) is 0 Å². The number of hydrogen-bond donors (Lipinski definition) is 1. The molecule has 1 heterocycles. The van der Waals surface area contributed by atoms with Crippen LogP contribution in [0.25, 0.3) is 0 Å². The number of sulfonamides is 1. The monoisotopic (exact) mass is 214 g/mol. The fraction of sp³-hybridized carbons (Fsp3) is 0.429. The van der Waals surface area contributed by atoms with Crippen LogP contribution in [-0.4, -0.2) is 23.7 Å². The molecule has 0 saturated heterocycles. The molecule has 6 nitrogen and oxygen atoms in total. The van der Waals surface area contributed by atoms with Crippen LogP contribution in [0, 0.1) is 11.3 Å². The van der Waals surface area contributed by atoms with Crippen LogP contribution in [-0.2, 0) is 23.6 Å². The fourth-order valence-corrected chi connectivity index (χ4v) is 1.50. The second kappa shape index (κ2) is 4.21. The minimum atomic E-state index is -3.49. The lowest BCUT2D eigenvalue weighted by molar-refractivity contribution is 0.581. The van der Waals surface area contributed by atoms with E-state index in [0.717, 1.165) is 0 Å². The highest BCUT2D eigenvalue weighted by Gasteiger charge is 2.09. The molecule has 76 valence electrons. The molecule has 0 fully saturated rings. The van der Waals surface area contributed by atoms with Crippen LogP contribution in [0.1, 0.15) is 5.82 Å². The molecule has 0 aromatic carbocycles. The number of aromatic nitrogens is 2. The number of nitrogens with zero attached hydrogens (tertiary/aromatic N) is 3. The zero-order valence-electron chi connectivity index (χ0n) is 7.64. The van der Waals surface area contributed by atoms with Crippen LogP contribution in [0.5, 0.6) is 0 Å². The maximum Gasteiger partial charge on any atom is 0.225 e. The van der Waals surface area contributed by atoms with Gasteiger partial charge < -0.3 is 4.57 Å². The van der Waals surface area contributed by atoms with Gasteiger partial charge in [-0.15, -0.1) is 0 Å². The van der Waals surface area contributed by atoms with Crippen molar-refractivity contribution in [1.29, 1.82) is 5.26 Å². The quantitative estimate of drug-likeness (QED) is 0.722. The summed E-state index contributed by atoms with van der Waals surface area (Å²) in [6, 6.07) is 1.58. The average Bonchev–Trinajstić information content (AvgIpc) is 2.48. The molecule has 0 spiro atoms. The Hall–Kier alpha value is -1.39. The van der Waals surface area contributed by atoms with Crippen molar-refractivity contribution < 1.29 is 8.42 Å². The lowest BCUT2D eigenvalue weighted by atomic mass is 10.6. The molecular formula is C7H10N4O2S. The van der Waals surface area contributed by atoms with Gasteiger partial charge in [-0.05, 0) is 0 Å². The van der Waals surface area contributed by atoms with Crippen molar-refractivity contribution in [3.05, 3.63) is 18.2 Å². The van der Waals surface area contributed by atoms with Crippen molar-refractivity contribution in [3.63, 3.8) is 0 Å². The van der Waals surface area contributed by atoms with E-state index in [1.54, 1.807) is 30.1 Å². The summed E-state index contributed by atoms with van der Waals surface area (Å²) in [5.74, 6) is 0.0729. The van der Waals surface area contributed by atoms with E-state index in [2.05, 4.69) is 9.71 Å². The molecule has 1 aromatic heterocycles. The first-order chi connectivity index (χ1) is 6.55. The van der Waals surface area contributed by atoms with Gasteiger partial charge in [0.05, 0.1) is 12.6 Å². The molecule has 0 bridgehead atoms. The van der Waals surface area contributed by atoms with Crippen molar-refractivity contribution in [2.75, 3.05) is 5.75 Å². The molecule has 0 aliphatic carbocycles. The Balaban J connectivity index is 2.58. The Bertz CT molecular complexity index is 443. The third-order valence-electron chi connectivity index (χ3n) is 1.63. The first-order valence-corrected chi connectivity index (χ1v) is 5.51. The van der Waals surface area contributed by atoms with Gasteiger partial charge in [0.2, 0.25) is 10.0 Å². The molecule has 0 atom stereocenters. The molecule has 0 amide bonds.